The van der Waals surface area contributed by atoms with E-state index in [0.29, 0.717) is 5.92 Å². The van der Waals surface area contributed by atoms with Gasteiger partial charge in [-0.1, -0.05) is 25.7 Å². The molecule has 3 aliphatic carbocycles. The molecule has 1 heteroatoms. The Morgan fingerprint density at radius 3 is 2.43 bits per heavy atom. The van der Waals surface area contributed by atoms with Gasteiger partial charge in [-0.3, -0.25) is 0 Å². The average molecular weight is 194 g/mol. The topological polar surface area (TPSA) is 20.2 Å². The van der Waals surface area contributed by atoms with Gasteiger partial charge in [0.1, 0.15) is 0 Å². The van der Waals surface area contributed by atoms with E-state index in [1.165, 1.54) is 44.9 Å². The second-order valence-corrected chi connectivity index (χ2v) is 5.77. The first kappa shape index (κ1) is 9.21. The van der Waals surface area contributed by atoms with Gasteiger partial charge in [0.25, 0.3) is 0 Å². The summed E-state index contributed by atoms with van der Waals surface area (Å²) in [6.07, 6.45) is 11.0. The van der Waals surface area contributed by atoms with Crippen LogP contribution in [0.4, 0.5) is 0 Å². The first-order valence-electron chi connectivity index (χ1n) is 6.54. The van der Waals surface area contributed by atoms with E-state index in [1.807, 2.05) is 0 Å². The number of hydrogen-bond acceptors (Lipinski definition) is 1. The highest BCUT2D eigenvalue weighted by Gasteiger charge is 2.47. The van der Waals surface area contributed by atoms with Crippen LogP contribution in [0.2, 0.25) is 0 Å². The Kier molecular flexibility index (Phi) is 2.31. The fourth-order valence-corrected chi connectivity index (χ4v) is 4.58. The molecule has 1 nitrogen and oxygen atoms in total. The van der Waals surface area contributed by atoms with Gasteiger partial charge in [0.2, 0.25) is 0 Å². The Morgan fingerprint density at radius 2 is 1.50 bits per heavy atom. The van der Waals surface area contributed by atoms with Crippen LogP contribution in [0.3, 0.4) is 0 Å². The van der Waals surface area contributed by atoms with E-state index in [0.717, 1.165) is 24.2 Å². The first-order valence-corrected chi connectivity index (χ1v) is 6.54. The van der Waals surface area contributed by atoms with Crippen LogP contribution in [-0.2, 0) is 0 Å². The highest BCUT2D eigenvalue weighted by Crippen LogP contribution is 2.53. The minimum atomic E-state index is 0.0550. The van der Waals surface area contributed by atoms with Gasteiger partial charge in [0, 0.05) is 0 Å². The van der Waals surface area contributed by atoms with Crippen molar-refractivity contribution < 1.29 is 5.11 Å². The summed E-state index contributed by atoms with van der Waals surface area (Å²) in [5.74, 6) is 3.59. The van der Waals surface area contributed by atoms with Crippen molar-refractivity contribution in [2.24, 2.45) is 23.7 Å². The van der Waals surface area contributed by atoms with Crippen molar-refractivity contribution in [3.05, 3.63) is 0 Å². The third-order valence-electron chi connectivity index (χ3n) is 5.17. The van der Waals surface area contributed by atoms with Gasteiger partial charge < -0.3 is 5.11 Å². The summed E-state index contributed by atoms with van der Waals surface area (Å²) in [5.41, 5.74) is 0. The molecule has 0 radical (unpaired) electrons. The molecule has 3 aliphatic rings. The zero-order chi connectivity index (χ0) is 9.54. The van der Waals surface area contributed by atoms with Crippen LogP contribution in [0.5, 0.6) is 0 Å². The summed E-state index contributed by atoms with van der Waals surface area (Å²) in [6.45, 7) is 0. The lowest BCUT2D eigenvalue weighted by Gasteiger charge is -2.34. The molecular weight excluding hydrogens is 172 g/mol. The predicted octanol–water partition coefficient (Wildman–Crippen LogP) is 2.97. The van der Waals surface area contributed by atoms with Gasteiger partial charge in [-0.05, 0) is 49.4 Å². The molecule has 0 heterocycles. The Labute approximate surface area is 86.9 Å². The van der Waals surface area contributed by atoms with Crippen molar-refractivity contribution in [1.29, 1.82) is 0 Å². The highest BCUT2D eigenvalue weighted by molar-refractivity contribution is 4.97. The van der Waals surface area contributed by atoms with Crippen molar-refractivity contribution >= 4 is 0 Å². The number of fused-ring (bicyclic) bond motifs is 3. The predicted molar refractivity (Wildman–Crippen MR) is 56.9 cm³/mol. The molecule has 3 fully saturated rings. The molecule has 3 saturated carbocycles. The van der Waals surface area contributed by atoms with Gasteiger partial charge in [-0.2, -0.15) is 0 Å². The molecule has 0 spiro atoms. The summed E-state index contributed by atoms with van der Waals surface area (Å²) in [6, 6.07) is 0. The lowest BCUT2D eigenvalue weighted by molar-refractivity contribution is 0.0363. The SMILES string of the molecule is OC1CCCC2C1CC1CCCCC12. The van der Waals surface area contributed by atoms with Crippen molar-refractivity contribution in [3.63, 3.8) is 0 Å². The van der Waals surface area contributed by atoms with E-state index >= 15 is 0 Å². The molecule has 3 rings (SSSR count). The zero-order valence-electron chi connectivity index (χ0n) is 8.99. The van der Waals surface area contributed by atoms with Crippen LogP contribution in [-0.4, -0.2) is 11.2 Å². The van der Waals surface area contributed by atoms with Crippen LogP contribution >= 0.6 is 0 Å². The van der Waals surface area contributed by atoms with Gasteiger partial charge in [0.05, 0.1) is 6.10 Å². The van der Waals surface area contributed by atoms with Crippen LogP contribution < -0.4 is 0 Å². The molecule has 5 unspecified atom stereocenters. The summed E-state index contributed by atoms with van der Waals surface area (Å²) < 4.78 is 0. The second-order valence-electron chi connectivity index (χ2n) is 5.77. The molecule has 0 saturated heterocycles. The Balaban J connectivity index is 1.79. The third kappa shape index (κ3) is 1.32. The largest absolute Gasteiger partial charge is 0.393 e. The Bertz CT molecular complexity index is 211. The quantitative estimate of drug-likeness (QED) is 0.628. The average Bonchev–Trinajstić information content (AvgIpc) is 2.59. The first-order chi connectivity index (χ1) is 6.86. The fraction of sp³-hybridized carbons (Fsp3) is 1.00. The zero-order valence-corrected chi connectivity index (χ0v) is 8.99. The molecule has 0 aromatic heterocycles. The van der Waals surface area contributed by atoms with E-state index in [9.17, 15) is 5.11 Å². The fourth-order valence-electron chi connectivity index (χ4n) is 4.58. The maximum absolute atomic E-state index is 10.0. The summed E-state index contributed by atoms with van der Waals surface area (Å²) in [4.78, 5) is 0. The van der Waals surface area contributed by atoms with E-state index in [-0.39, 0.29) is 6.10 Å². The van der Waals surface area contributed by atoms with E-state index in [4.69, 9.17) is 0 Å². The van der Waals surface area contributed by atoms with Crippen LogP contribution in [0.1, 0.15) is 51.4 Å². The molecule has 80 valence electrons. The van der Waals surface area contributed by atoms with Crippen LogP contribution in [0.15, 0.2) is 0 Å². The summed E-state index contributed by atoms with van der Waals surface area (Å²) in [7, 11) is 0. The van der Waals surface area contributed by atoms with E-state index in [2.05, 4.69) is 0 Å². The normalized spacial score (nSPS) is 52.5. The number of rotatable bonds is 0. The summed E-state index contributed by atoms with van der Waals surface area (Å²) in [5, 5.41) is 10.0. The lowest BCUT2D eigenvalue weighted by Crippen LogP contribution is -2.31. The van der Waals surface area contributed by atoms with Gasteiger partial charge >= 0.3 is 0 Å². The Morgan fingerprint density at radius 1 is 0.714 bits per heavy atom. The summed E-state index contributed by atoms with van der Waals surface area (Å²) >= 11 is 0. The van der Waals surface area contributed by atoms with Crippen LogP contribution in [0.25, 0.3) is 0 Å². The number of hydrogen-bond donors (Lipinski definition) is 1. The van der Waals surface area contributed by atoms with Crippen molar-refractivity contribution in [3.8, 4) is 0 Å². The molecule has 5 atom stereocenters. The molecule has 0 aliphatic heterocycles. The molecular formula is C13H22O. The minimum absolute atomic E-state index is 0.0550. The van der Waals surface area contributed by atoms with Crippen molar-refractivity contribution in [1.82, 2.24) is 0 Å². The molecule has 14 heavy (non-hydrogen) atoms. The highest BCUT2D eigenvalue weighted by atomic mass is 16.3. The Hall–Kier alpha value is -0.0400. The maximum atomic E-state index is 10.0. The van der Waals surface area contributed by atoms with Crippen molar-refractivity contribution in [2.75, 3.05) is 0 Å². The third-order valence-corrected chi connectivity index (χ3v) is 5.17. The van der Waals surface area contributed by atoms with Gasteiger partial charge in [-0.25, -0.2) is 0 Å². The molecule has 0 amide bonds. The molecule has 0 bridgehead atoms. The van der Waals surface area contributed by atoms with E-state index < -0.39 is 0 Å². The smallest absolute Gasteiger partial charge is 0.0571 e. The minimum Gasteiger partial charge on any atom is -0.393 e. The molecule has 0 aromatic carbocycles. The molecule has 1 N–H and O–H groups in total. The maximum Gasteiger partial charge on any atom is 0.0571 e. The standard InChI is InChI=1S/C13H22O/c14-13-7-3-6-11-10-5-2-1-4-9(10)8-12(11)13/h9-14H,1-8H2. The number of aliphatic hydroxyl groups is 1. The van der Waals surface area contributed by atoms with E-state index in [1.54, 1.807) is 0 Å². The number of aliphatic hydroxyl groups excluding tert-OH is 1. The van der Waals surface area contributed by atoms with Gasteiger partial charge in [-0.15, -0.1) is 0 Å². The molecule has 0 aromatic rings. The monoisotopic (exact) mass is 194 g/mol. The van der Waals surface area contributed by atoms with Crippen LogP contribution in [0, 0.1) is 23.7 Å². The lowest BCUT2D eigenvalue weighted by atomic mass is 9.73. The van der Waals surface area contributed by atoms with Gasteiger partial charge in [0.15, 0.2) is 0 Å². The van der Waals surface area contributed by atoms with Crippen molar-refractivity contribution in [2.45, 2.75) is 57.5 Å². The second kappa shape index (κ2) is 3.52.